The van der Waals surface area contributed by atoms with Crippen molar-refractivity contribution in [2.24, 2.45) is 7.05 Å². The van der Waals surface area contributed by atoms with Crippen molar-refractivity contribution in [2.75, 3.05) is 0 Å². The van der Waals surface area contributed by atoms with Gasteiger partial charge in [-0.25, -0.2) is 0 Å². The third kappa shape index (κ3) is 4.29. The molecular weight excluding hydrogens is 523 g/mol. The molecule has 3 rings (SSSR count). The van der Waals surface area contributed by atoms with Gasteiger partial charge >= 0.3 is 0 Å². The molecule has 0 aliphatic carbocycles. The number of aryl methyl sites for hydroxylation is 1. The van der Waals surface area contributed by atoms with Crippen molar-refractivity contribution in [1.29, 1.82) is 0 Å². The molecule has 1 heterocycles. The standard InChI is InChI=1S/C24H30N3.Ir/c1-15(2)18-12-21(16(3)4)23(22(13-18)17(5)6)19-10-8-9-11-20(19)24-25-14-26-27(24)7;/h8-10,12-17H,1-7H3;/q-1;. The molecule has 28 heavy (non-hydrogen) atoms. The molecule has 0 N–H and O–H groups in total. The molecule has 1 radical (unpaired) electrons. The minimum Gasteiger partial charge on any atom is -0.289 e. The molecule has 0 unspecified atom stereocenters. The summed E-state index contributed by atoms with van der Waals surface area (Å²) in [7, 11) is 1.93. The van der Waals surface area contributed by atoms with Crippen LogP contribution in [0.3, 0.4) is 0 Å². The summed E-state index contributed by atoms with van der Waals surface area (Å²) < 4.78 is 1.82. The maximum atomic E-state index is 4.49. The molecule has 151 valence electrons. The summed E-state index contributed by atoms with van der Waals surface area (Å²) in [6.45, 7) is 13.7. The van der Waals surface area contributed by atoms with Gasteiger partial charge in [-0.15, -0.1) is 24.3 Å². The maximum Gasteiger partial charge on any atom is 0.127 e. The summed E-state index contributed by atoms with van der Waals surface area (Å²) in [6, 6.07) is 14.4. The second kappa shape index (κ2) is 9.15. The second-order valence-corrected chi connectivity index (χ2v) is 8.20. The summed E-state index contributed by atoms with van der Waals surface area (Å²) in [6.07, 6.45) is 1.61. The van der Waals surface area contributed by atoms with Gasteiger partial charge in [0.1, 0.15) is 6.33 Å². The van der Waals surface area contributed by atoms with E-state index in [0.717, 1.165) is 11.4 Å². The van der Waals surface area contributed by atoms with Gasteiger partial charge in [0.25, 0.3) is 0 Å². The van der Waals surface area contributed by atoms with Gasteiger partial charge in [-0.3, -0.25) is 9.67 Å². The van der Waals surface area contributed by atoms with Crippen LogP contribution in [0.1, 0.15) is 76.0 Å². The Morgan fingerprint density at radius 1 is 0.929 bits per heavy atom. The van der Waals surface area contributed by atoms with Crippen LogP contribution >= 0.6 is 0 Å². The van der Waals surface area contributed by atoms with Crippen molar-refractivity contribution in [3.8, 4) is 22.5 Å². The van der Waals surface area contributed by atoms with E-state index in [9.17, 15) is 0 Å². The fraction of sp³-hybridized carbons (Fsp3) is 0.417. The zero-order chi connectivity index (χ0) is 19.7. The van der Waals surface area contributed by atoms with Crippen LogP contribution in [0, 0.1) is 6.07 Å². The number of hydrogen-bond acceptors (Lipinski definition) is 2. The predicted molar refractivity (Wildman–Crippen MR) is 113 cm³/mol. The van der Waals surface area contributed by atoms with Crippen LogP contribution in [-0.4, -0.2) is 14.8 Å². The molecule has 3 nitrogen and oxygen atoms in total. The first-order valence-corrected chi connectivity index (χ1v) is 9.84. The molecule has 0 atom stereocenters. The first-order chi connectivity index (χ1) is 12.8. The molecule has 0 fully saturated rings. The number of nitrogens with zero attached hydrogens (tertiary/aromatic N) is 3. The smallest absolute Gasteiger partial charge is 0.127 e. The molecule has 0 bridgehead atoms. The summed E-state index contributed by atoms with van der Waals surface area (Å²) in [5, 5.41) is 4.27. The van der Waals surface area contributed by atoms with Gasteiger partial charge < -0.3 is 0 Å². The normalized spacial score (nSPS) is 11.4. The Balaban J connectivity index is 0.00000280. The van der Waals surface area contributed by atoms with Crippen molar-refractivity contribution in [1.82, 2.24) is 14.8 Å². The van der Waals surface area contributed by atoms with Crippen LogP contribution in [0.2, 0.25) is 0 Å². The quantitative estimate of drug-likeness (QED) is 0.347. The molecule has 0 amide bonds. The zero-order valence-electron chi connectivity index (χ0n) is 17.9. The first kappa shape index (κ1) is 22.5. The van der Waals surface area contributed by atoms with E-state index >= 15 is 0 Å². The van der Waals surface area contributed by atoms with Gasteiger partial charge in [-0.1, -0.05) is 70.4 Å². The molecule has 0 aliphatic rings. The van der Waals surface area contributed by atoms with Crippen molar-refractivity contribution in [3.05, 3.63) is 59.4 Å². The van der Waals surface area contributed by atoms with E-state index in [1.165, 1.54) is 27.8 Å². The number of benzene rings is 2. The van der Waals surface area contributed by atoms with Gasteiger partial charge in [0, 0.05) is 27.2 Å². The largest absolute Gasteiger partial charge is 0.289 e. The average Bonchev–Trinajstić information content (AvgIpc) is 3.06. The average molecular weight is 553 g/mol. The van der Waals surface area contributed by atoms with E-state index in [0.29, 0.717) is 17.8 Å². The van der Waals surface area contributed by atoms with Gasteiger partial charge in [-0.05, 0) is 34.4 Å². The van der Waals surface area contributed by atoms with Gasteiger partial charge in [0.15, 0.2) is 0 Å². The zero-order valence-corrected chi connectivity index (χ0v) is 20.3. The summed E-state index contributed by atoms with van der Waals surface area (Å²) in [5.74, 6) is 2.23. The van der Waals surface area contributed by atoms with Gasteiger partial charge in [0.05, 0.1) is 5.82 Å². The Morgan fingerprint density at radius 3 is 2.00 bits per heavy atom. The van der Waals surface area contributed by atoms with E-state index in [2.05, 4.69) is 82.0 Å². The van der Waals surface area contributed by atoms with E-state index in [-0.39, 0.29) is 20.1 Å². The Bertz CT molecular complexity index is 910. The maximum absolute atomic E-state index is 4.49. The summed E-state index contributed by atoms with van der Waals surface area (Å²) >= 11 is 0. The molecule has 3 aromatic rings. The van der Waals surface area contributed by atoms with Crippen molar-refractivity contribution < 1.29 is 20.1 Å². The van der Waals surface area contributed by atoms with Crippen LogP contribution in [0.4, 0.5) is 0 Å². The minimum atomic E-state index is 0. The molecule has 4 heteroatoms. The Labute approximate surface area is 183 Å². The Kier molecular flexibility index (Phi) is 7.36. The topological polar surface area (TPSA) is 30.7 Å². The number of hydrogen-bond donors (Lipinski definition) is 0. The monoisotopic (exact) mass is 553 g/mol. The number of aromatic nitrogens is 3. The molecular formula is C24H30IrN3-. The van der Waals surface area contributed by atoms with Gasteiger partial charge in [0.2, 0.25) is 0 Å². The van der Waals surface area contributed by atoms with E-state index in [1.807, 2.05) is 17.8 Å². The first-order valence-electron chi connectivity index (χ1n) is 9.84. The van der Waals surface area contributed by atoms with Crippen molar-refractivity contribution in [2.45, 2.75) is 59.3 Å². The SMILES string of the molecule is CC(C)c1cc(C(C)C)c(-c2ccc[c-]c2-c2ncnn2C)c(C(C)C)c1.[Ir]. The van der Waals surface area contributed by atoms with Crippen LogP contribution in [0.5, 0.6) is 0 Å². The van der Waals surface area contributed by atoms with Crippen LogP contribution in [0.25, 0.3) is 22.5 Å². The summed E-state index contributed by atoms with van der Waals surface area (Å²) in [5.41, 5.74) is 7.74. The Hall–Kier alpha value is -1.77. The molecule has 1 aromatic heterocycles. The fourth-order valence-corrected chi connectivity index (χ4v) is 3.62. The van der Waals surface area contributed by atoms with E-state index in [1.54, 1.807) is 6.33 Å². The van der Waals surface area contributed by atoms with Gasteiger partial charge in [-0.2, -0.15) is 5.10 Å². The van der Waals surface area contributed by atoms with E-state index < -0.39 is 0 Å². The molecule has 0 aliphatic heterocycles. The summed E-state index contributed by atoms with van der Waals surface area (Å²) in [4.78, 5) is 4.49. The molecule has 2 aromatic carbocycles. The minimum absolute atomic E-state index is 0. The van der Waals surface area contributed by atoms with Crippen molar-refractivity contribution in [3.63, 3.8) is 0 Å². The van der Waals surface area contributed by atoms with E-state index in [4.69, 9.17) is 0 Å². The van der Waals surface area contributed by atoms with Crippen LogP contribution in [0.15, 0.2) is 36.7 Å². The third-order valence-electron chi connectivity index (χ3n) is 5.19. The molecule has 0 spiro atoms. The Morgan fingerprint density at radius 2 is 1.54 bits per heavy atom. The molecule has 0 saturated carbocycles. The third-order valence-corrected chi connectivity index (χ3v) is 5.19. The molecule has 0 saturated heterocycles. The van der Waals surface area contributed by atoms with Crippen molar-refractivity contribution >= 4 is 0 Å². The van der Waals surface area contributed by atoms with Crippen LogP contribution in [-0.2, 0) is 27.2 Å². The second-order valence-electron chi connectivity index (χ2n) is 8.20. The predicted octanol–water partition coefficient (Wildman–Crippen LogP) is 6.32. The fourth-order valence-electron chi connectivity index (χ4n) is 3.62. The van der Waals surface area contributed by atoms with Crippen LogP contribution < -0.4 is 0 Å². The number of rotatable bonds is 5.